The monoisotopic (exact) mass is 634 g/mol. The van der Waals surface area contributed by atoms with Crippen molar-refractivity contribution in [3.8, 4) is 0 Å². The largest absolute Gasteiger partial charge is 0.462 e. The van der Waals surface area contributed by atoms with Crippen LogP contribution in [0.3, 0.4) is 0 Å². The lowest BCUT2D eigenvalue weighted by atomic mass is 9.66. The van der Waals surface area contributed by atoms with E-state index >= 15 is 0 Å². The van der Waals surface area contributed by atoms with Gasteiger partial charge in [0.15, 0.2) is 16.6 Å². The Labute approximate surface area is 265 Å². The van der Waals surface area contributed by atoms with E-state index in [1.807, 2.05) is 0 Å². The highest BCUT2D eigenvalue weighted by Crippen LogP contribution is 2.47. The summed E-state index contributed by atoms with van der Waals surface area (Å²) in [7, 11) is -4.02. The number of allylic oxidation sites excluding steroid dienone is 2. The first-order valence-corrected chi connectivity index (χ1v) is 22.6. The molecule has 0 saturated carbocycles. The maximum atomic E-state index is 13.0. The third kappa shape index (κ3) is 9.40. The topological polar surface area (TPSA) is 71.1 Å². The summed E-state index contributed by atoms with van der Waals surface area (Å²) in [5.41, 5.74) is 1.22. The number of hydrogen-bond donors (Lipinski definition) is 0. The lowest BCUT2D eigenvalue weighted by Gasteiger charge is -2.46. The molecule has 3 aliphatic rings. The molecule has 2 aliphatic carbocycles. The Kier molecular flexibility index (Phi) is 11.5. The molecule has 43 heavy (non-hydrogen) atoms. The summed E-state index contributed by atoms with van der Waals surface area (Å²) in [5, 5.41) is 0.181. The highest BCUT2D eigenvalue weighted by Gasteiger charge is 2.46. The van der Waals surface area contributed by atoms with E-state index in [0.717, 1.165) is 19.3 Å². The van der Waals surface area contributed by atoms with Gasteiger partial charge in [0.2, 0.25) is 0 Å². The van der Waals surface area contributed by atoms with Crippen LogP contribution in [-0.2, 0) is 27.9 Å². The van der Waals surface area contributed by atoms with Crippen molar-refractivity contribution in [2.75, 3.05) is 0 Å². The fourth-order valence-electron chi connectivity index (χ4n) is 6.24. The minimum atomic E-state index is -2.02. The molecule has 0 aromatic heterocycles. The minimum Gasteiger partial charge on any atom is -0.462 e. The van der Waals surface area contributed by atoms with Crippen molar-refractivity contribution in [1.29, 1.82) is 0 Å². The van der Waals surface area contributed by atoms with Crippen molar-refractivity contribution in [1.82, 2.24) is 0 Å². The van der Waals surface area contributed by atoms with E-state index in [9.17, 15) is 9.59 Å². The second kappa shape index (κ2) is 13.6. The summed E-state index contributed by atoms with van der Waals surface area (Å²) in [6.45, 7) is 28.9. The highest BCUT2D eigenvalue weighted by molar-refractivity contribution is 6.74. The molecule has 0 aromatic carbocycles. The predicted molar refractivity (Wildman–Crippen MR) is 180 cm³/mol. The van der Waals surface area contributed by atoms with Crippen LogP contribution in [0, 0.1) is 23.7 Å². The Balaban J connectivity index is 1.81. The van der Waals surface area contributed by atoms with Crippen LogP contribution in [0.5, 0.6) is 0 Å². The summed E-state index contributed by atoms with van der Waals surface area (Å²) in [5.74, 6) is 0.677. The van der Waals surface area contributed by atoms with Crippen molar-refractivity contribution in [2.45, 2.75) is 162 Å². The number of esters is 2. The van der Waals surface area contributed by atoms with Crippen LogP contribution in [0.25, 0.3) is 0 Å². The zero-order valence-corrected chi connectivity index (χ0v) is 31.5. The molecule has 1 fully saturated rings. The minimum absolute atomic E-state index is 0.0739. The van der Waals surface area contributed by atoms with Gasteiger partial charge in [-0.05, 0) is 72.4 Å². The Morgan fingerprint density at radius 1 is 0.977 bits per heavy atom. The molecular weight excluding hydrogens is 573 g/mol. The molecule has 0 bridgehead atoms. The van der Waals surface area contributed by atoms with Crippen molar-refractivity contribution in [3.63, 3.8) is 0 Å². The van der Waals surface area contributed by atoms with Crippen LogP contribution in [0.2, 0.25) is 36.3 Å². The molecule has 1 saturated heterocycles. The fourth-order valence-corrected chi connectivity index (χ4v) is 8.88. The summed E-state index contributed by atoms with van der Waals surface area (Å²) in [6, 6.07) is 0. The third-order valence-electron chi connectivity index (χ3n) is 10.8. The smallest absolute Gasteiger partial charge is 0.308 e. The van der Waals surface area contributed by atoms with E-state index in [1.165, 1.54) is 5.57 Å². The van der Waals surface area contributed by atoms with Gasteiger partial charge in [-0.3, -0.25) is 9.59 Å². The normalized spacial score (nSPS) is 30.5. The van der Waals surface area contributed by atoms with Gasteiger partial charge < -0.3 is 18.3 Å². The van der Waals surface area contributed by atoms with E-state index in [1.54, 1.807) is 0 Å². The lowest BCUT2D eigenvalue weighted by Crippen LogP contribution is -2.48. The van der Waals surface area contributed by atoms with Crippen LogP contribution in [0.15, 0.2) is 23.8 Å². The number of cyclic esters (lactones) is 1. The average molecular weight is 635 g/mol. The van der Waals surface area contributed by atoms with Gasteiger partial charge in [-0.1, -0.05) is 80.5 Å². The van der Waals surface area contributed by atoms with Crippen molar-refractivity contribution < 1.29 is 27.9 Å². The van der Waals surface area contributed by atoms with Crippen molar-refractivity contribution in [2.24, 2.45) is 23.7 Å². The molecule has 6 nitrogen and oxygen atoms in total. The molecule has 0 amide bonds. The summed E-state index contributed by atoms with van der Waals surface area (Å²) in [4.78, 5) is 25.7. The Hall–Kier alpha value is -1.23. The first kappa shape index (κ1) is 36.2. The molecule has 0 N–H and O–H groups in total. The first-order chi connectivity index (χ1) is 19.6. The number of hydrogen-bond acceptors (Lipinski definition) is 6. The molecule has 0 aromatic rings. The maximum absolute atomic E-state index is 13.0. The van der Waals surface area contributed by atoms with Crippen LogP contribution in [0.4, 0.5) is 0 Å². The van der Waals surface area contributed by atoms with Gasteiger partial charge in [-0.25, -0.2) is 0 Å². The lowest BCUT2D eigenvalue weighted by molar-refractivity contribution is -0.161. The Morgan fingerprint density at radius 2 is 1.58 bits per heavy atom. The summed E-state index contributed by atoms with van der Waals surface area (Å²) in [6.07, 6.45) is 10.2. The van der Waals surface area contributed by atoms with E-state index in [0.29, 0.717) is 25.2 Å². The van der Waals surface area contributed by atoms with Gasteiger partial charge >= 0.3 is 11.9 Å². The number of fused-ring (bicyclic) bond motifs is 1. The molecular formula is C35H62O6Si2. The Morgan fingerprint density at radius 3 is 2.16 bits per heavy atom. The van der Waals surface area contributed by atoms with E-state index in [-0.39, 0.29) is 64.2 Å². The van der Waals surface area contributed by atoms with E-state index in [4.69, 9.17) is 18.3 Å². The molecule has 7 atom stereocenters. The fraction of sp³-hybridized carbons (Fsp3) is 0.829. The number of carbonyl (C=O) groups is 2. The SMILES string of the molecule is CC(C)CC(=O)O[C@H]1C[C@H](O[Si](C)(C)C(C)(C)C)C=C2C=C[C@H](C)[C@H](CC[C@@H]3C[C@@H](O[Si](C)(C)C(C)(C)C)CC(=O)O3)[C@H]21. The number of carbonyl (C=O) groups excluding carboxylic acids is 2. The van der Waals surface area contributed by atoms with Gasteiger partial charge in [0.1, 0.15) is 12.2 Å². The second-order valence-corrected chi connectivity index (χ2v) is 26.5. The molecule has 0 radical (unpaired) electrons. The number of ether oxygens (including phenoxy) is 2. The Bertz CT molecular complexity index is 1050. The van der Waals surface area contributed by atoms with Gasteiger partial charge in [-0.2, -0.15) is 0 Å². The second-order valence-electron chi connectivity index (χ2n) is 17.0. The standard InChI is InChI=1S/C35H62O6Si2/c1-23(2)18-31(36)39-30-21-27(40-42(10,11)34(4,5)6)19-25-15-14-24(3)29(33(25)30)17-16-26-20-28(22-32(37)38-26)41-43(12,13)35(7,8)9/h14-15,19,23-24,26-30,33H,16-18,20-22H2,1-13H3/t24-,26+,27+,28+,29-,30-,33-/m0/s1. The molecule has 0 unspecified atom stereocenters. The quantitative estimate of drug-likeness (QED) is 0.176. The van der Waals surface area contributed by atoms with E-state index in [2.05, 4.69) is 107 Å². The van der Waals surface area contributed by atoms with Crippen LogP contribution >= 0.6 is 0 Å². The maximum Gasteiger partial charge on any atom is 0.308 e. The van der Waals surface area contributed by atoms with Crippen LogP contribution in [-0.4, -0.2) is 53.0 Å². The molecule has 246 valence electrons. The first-order valence-electron chi connectivity index (χ1n) is 16.7. The van der Waals surface area contributed by atoms with Gasteiger partial charge in [-0.15, -0.1) is 0 Å². The summed E-state index contributed by atoms with van der Waals surface area (Å²) >= 11 is 0. The molecule has 1 aliphatic heterocycles. The molecule has 8 heteroatoms. The zero-order valence-electron chi connectivity index (χ0n) is 29.5. The predicted octanol–water partition coefficient (Wildman–Crippen LogP) is 8.98. The third-order valence-corrected chi connectivity index (χ3v) is 19.8. The highest BCUT2D eigenvalue weighted by atomic mass is 28.4. The van der Waals surface area contributed by atoms with Gasteiger partial charge in [0, 0.05) is 25.2 Å². The molecule has 3 rings (SSSR count). The van der Waals surface area contributed by atoms with Crippen molar-refractivity contribution >= 4 is 28.6 Å². The van der Waals surface area contributed by atoms with Crippen LogP contribution in [0.1, 0.15) is 101 Å². The summed E-state index contributed by atoms with van der Waals surface area (Å²) < 4.78 is 25.7. The van der Waals surface area contributed by atoms with E-state index < -0.39 is 16.6 Å². The zero-order chi connectivity index (χ0) is 32.5. The van der Waals surface area contributed by atoms with Gasteiger partial charge in [0.25, 0.3) is 0 Å². The van der Waals surface area contributed by atoms with Gasteiger partial charge in [0.05, 0.1) is 18.6 Å². The van der Waals surface area contributed by atoms with Crippen LogP contribution < -0.4 is 0 Å². The molecule has 1 heterocycles. The van der Waals surface area contributed by atoms with Crippen molar-refractivity contribution in [3.05, 3.63) is 23.8 Å². The average Bonchev–Trinajstić information content (AvgIpc) is 2.80. The number of rotatable bonds is 10. The molecule has 0 spiro atoms.